The van der Waals surface area contributed by atoms with Gasteiger partial charge < -0.3 is 19.0 Å². The molecule has 1 aromatic carbocycles. The first-order chi connectivity index (χ1) is 12.7. The second kappa shape index (κ2) is 8.98. The molecule has 26 heavy (non-hydrogen) atoms. The summed E-state index contributed by atoms with van der Waals surface area (Å²) in [5.41, 5.74) is 1.83. The maximum Gasteiger partial charge on any atom is 0.236 e. The van der Waals surface area contributed by atoms with Gasteiger partial charge in [-0.1, -0.05) is 18.2 Å². The van der Waals surface area contributed by atoms with Gasteiger partial charge in [0.05, 0.1) is 11.0 Å². The third-order valence-corrected chi connectivity index (χ3v) is 4.87. The van der Waals surface area contributed by atoms with Crippen LogP contribution in [-0.4, -0.2) is 23.3 Å². The largest absolute Gasteiger partial charge is 0.487 e. The first-order valence-electron chi connectivity index (χ1n) is 8.66. The van der Waals surface area contributed by atoms with Gasteiger partial charge in [0, 0.05) is 19.6 Å². The highest BCUT2D eigenvalue weighted by molar-refractivity contribution is 7.13. The van der Waals surface area contributed by atoms with Crippen molar-refractivity contribution in [3.05, 3.63) is 58.8 Å². The molecule has 0 saturated heterocycles. The Bertz CT molecular complexity index is 790. The molecule has 1 atom stereocenters. The highest BCUT2D eigenvalue weighted by atomic mass is 32.1. The zero-order valence-electron chi connectivity index (χ0n) is 15.0. The molecule has 0 radical (unpaired) electrons. The Kier molecular flexibility index (Phi) is 6.44. The van der Waals surface area contributed by atoms with E-state index < -0.39 is 0 Å². The highest BCUT2D eigenvalue weighted by Gasteiger charge is 2.14. The summed E-state index contributed by atoms with van der Waals surface area (Å²) in [6, 6.07) is 11.7. The normalized spacial score (nSPS) is 12.3. The zero-order chi connectivity index (χ0) is 18.4. The first-order valence-corrected chi connectivity index (χ1v) is 9.54. The van der Waals surface area contributed by atoms with Crippen LogP contribution in [0, 0.1) is 6.92 Å². The molecular weight excluding hydrogens is 350 g/mol. The molecule has 0 spiro atoms. The van der Waals surface area contributed by atoms with Gasteiger partial charge in [0.1, 0.15) is 23.8 Å². The smallest absolute Gasteiger partial charge is 0.236 e. The Hall–Kier alpha value is -2.15. The Labute approximate surface area is 157 Å². The summed E-state index contributed by atoms with van der Waals surface area (Å²) < 4.78 is 17.2. The molecule has 0 fully saturated rings. The second-order valence-corrected chi connectivity index (χ2v) is 6.76. The van der Waals surface area contributed by atoms with Gasteiger partial charge in [-0.25, -0.2) is 4.98 Å². The fraction of sp³-hybridized carbons (Fsp3) is 0.350. The molecule has 0 bridgehead atoms. The Morgan fingerprint density at radius 2 is 2.04 bits per heavy atom. The van der Waals surface area contributed by atoms with Crippen molar-refractivity contribution < 1.29 is 19.0 Å². The second-order valence-electron chi connectivity index (χ2n) is 5.81. The zero-order valence-corrected chi connectivity index (χ0v) is 15.8. The average molecular weight is 373 g/mol. The quantitative estimate of drug-likeness (QED) is 0.586. The van der Waals surface area contributed by atoms with E-state index >= 15 is 0 Å². The molecule has 0 saturated carbocycles. The molecule has 0 aliphatic carbocycles. The lowest BCUT2D eigenvalue weighted by Gasteiger charge is -2.16. The summed E-state index contributed by atoms with van der Waals surface area (Å²) in [4.78, 5) is 5.54. The summed E-state index contributed by atoms with van der Waals surface area (Å²) in [6.45, 7) is 4.91. The number of ether oxygens (including phenoxy) is 2. The van der Waals surface area contributed by atoms with Crippen molar-refractivity contribution >= 4 is 11.3 Å². The van der Waals surface area contributed by atoms with Crippen molar-refractivity contribution in [3.8, 4) is 16.5 Å². The van der Waals surface area contributed by atoms with Crippen molar-refractivity contribution in [1.82, 2.24) is 4.98 Å². The van der Waals surface area contributed by atoms with Gasteiger partial charge in [-0.15, -0.1) is 11.3 Å². The van der Waals surface area contributed by atoms with Crippen LogP contribution in [0.15, 0.2) is 46.2 Å². The topological polar surface area (TPSA) is 64.7 Å². The molecular formula is C20H23NO4S. The van der Waals surface area contributed by atoms with Gasteiger partial charge in [0.15, 0.2) is 0 Å². The van der Waals surface area contributed by atoms with Crippen LogP contribution in [0.3, 0.4) is 0 Å². The maximum atomic E-state index is 9.17. The summed E-state index contributed by atoms with van der Waals surface area (Å²) >= 11 is 1.60. The molecule has 3 aromatic rings. The van der Waals surface area contributed by atoms with Gasteiger partial charge in [-0.3, -0.25) is 0 Å². The van der Waals surface area contributed by atoms with E-state index in [2.05, 4.69) is 4.98 Å². The van der Waals surface area contributed by atoms with Crippen LogP contribution in [0.4, 0.5) is 0 Å². The third-order valence-electron chi connectivity index (χ3n) is 4.01. The molecule has 5 nitrogen and oxygen atoms in total. The molecule has 2 aromatic heterocycles. The highest BCUT2D eigenvalue weighted by Crippen LogP contribution is 2.27. The van der Waals surface area contributed by atoms with Crippen LogP contribution in [0.5, 0.6) is 5.75 Å². The number of aliphatic hydroxyl groups is 1. The predicted molar refractivity (Wildman–Crippen MR) is 101 cm³/mol. The summed E-state index contributed by atoms with van der Waals surface area (Å²) in [6.07, 6.45) is 0.489. The minimum Gasteiger partial charge on any atom is -0.487 e. The van der Waals surface area contributed by atoms with Crippen LogP contribution in [0.2, 0.25) is 0 Å². The van der Waals surface area contributed by atoms with Gasteiger partial charge in [-0.2, -0.15) is 0 Å². The van der Waals surface area contributed by atoms with Gasteiger partial charge >= 0.3 is 0 Å². The molecule has 0 aliphatic rings. The molecule has 3 rings (SSSR count). The molecule has 6 heteroatoms. The predicted octanol–water partition coefficient (Wildman–Crippen LogP) is 4.75. The standard InChI is InChI=1S/C20H23NO4S/c1-3-23-18(10-11-22)15-6-8-16(9-7-15)24-13-17-14(2)25-20(21-17)19-5-4-12-26-19/h4-9,12,18,22H,3,10-11,13H2,1-2H3. The van der Waals surface area contributed by atoms with Crippen molar-refractivity contribution in [1.29, 1.82) is 0 Å². The molecule has 0 amide bonds. The number of aromatic nitrogens is 1. The summed E-state index contributed by atoms with van der Waals surface area (Å²) in [5, 5.41) is 11.2. The van der Waals surface area contributed by atoms with Crippen molar-refractivity contribution in [3.63, 3.8) is 0 Å². The van der Waals surface area contributed by atoms with E-state index in [1.54, 1.807) is 11.3 Å². The number of benzene rings is 1. The van der Waals surface area contributed by atoms with Gasteiger partial charge in [0.2, 0.25) is 5.89 Å². The summed E-state index contributed by atoms with van der Waals surface area (Å²) in [5.74, 6) is 2.16. The fourth-order valence-corrected chi connectivity index (χ4v) is 3.31. The van der Waals surface area contributed by atoms with Gasteiger partial charge in [0.25, 0.3) is 0 Å². The number of rotatable bonds is 9. The van der Waals surface area contributed by atoms with E-state index in [0.29, 0.717) is 25.5 Å². The average Bonchev–Trinajstić information content (AvgIpc) is 3.30. The van der Waals surface area contributed by atoms with E-state index in [0.717, 1.165) is 27.6 Å². The monoisotopic (exact) mass is 373 g/mol. The SMILES string of the molecule is CCOC(CCO)c1ccc(OCc2nc(-c3cccs3)oc2C)cc1. The number of hydrogen-bond donors (Lipinski definition) is 1. The minimum atomic E-state index is -0.0924. The van der Waals surface area contributed by atoms with Crippen molar-refractivity contribution in [2.75, 3.05) is 13.2 Å². The fourth-order valence-electron chi connectivity index (χ4n) is 2.66. The van der Waals surface area contributed by atoms with E-state index in [1.807, 2.05) is 55.6 Å². The Balaban J connectivity index is 1.63. The molecule has 0 aliphatic heterocycles. The van der Waals surface area contributed by atoms with Gasteiger partial charge in [-0.05, 0) is 43.0 Å². The van der Waals surface area contributed by atoms with Crippen molar-refractivity contribution in [2.24, 2.45) is 0 Å². The third kappa shape index (κ3) is 4.52. The van der Waals surface area contributed by atoms with Crippen LogP contribution in [0.1, 0.15) is 36.5 Å². The van der Waals surface area contributed by atoms with Crippen LogP contribution in [-0.2, 0) is 11.3 Å². The summed E-state index contributed by atoms with van der Waals surface area (Å²) in [7, 11) is 0. The number of aryl methyl sites for hydroxylation is 1. The number of thiophene rings is 1. The lowest BCUT2D eigenvalue weighted by atomic mass is 10.1. The number of aliphatic hydroxyl groups excluding tert-OH is 1. The van der Waals surface area contributed by atoms with Crippen LogP contribution in [0.25, 0.3) is 10.8 Å². The van der Waals surface area contributed by atoms with Crippen molar-refractivity contribution in [2.45, 2.75) is 33.0 Å². The Morgan fingerprint density at radius 1 is 1.23 bits per heavy atom. The van der Waals surface area contributed by atoms with E-state index in [-0.39, 0.29) is 12.7 Å². The maximum absolute atomic E-state index is 9.17. The lowest BCUT2D eigenvalue weighted by molar-refractivity contribution is 0.0431. The Morgan fingerprint density at radius 3 is 2.69 bits per heavy atom. The van der Waals surface area contributed by atoms with Crippen LogP contribution >= 0.6 is 11.3 Å². The molecule has 1 N–H and O–H groups in total. The number of nitrogens with zero attached hydrogens (tertiary/aromatic N) is 1. The molecule has 138 valence electrons. The number of hydrogen-bond acceptors (Lipinski definition) is 6. The minimum absolute atomic E-state index is 0.0924. The van der Waals surface area contributed by atoms with E-state index in [9.17, 15) is 0 Å². The van der Waals surface area contributed by atoms with E-state index in [4.69, 9.17) is 19.0 Å². The van der Waals surface area contributed by atoms with E-state index in [1.165, 1.54) is 0 Å². The van der Waals surface area contributed by atoms with Crippen LogP contribution < -0.4 is 4.74 Å². The lowest BCUT2D eigenvalue weighted by Crippen LogP contribution is -2.06. The molecule has 2 heterocycles. The first kappa shape index (κ1) is 18.6. The number of oxazole rings is 1. The molecule has 1 unspecified atom stereocenters.